The number of carbonyl (C=O) groups excluding carboxylic acids is 1. The van der Waals surface area contributed by atoms with E-state index in [4.69, 9.17) is 11.5 Å². The van der Waals surface area contributed by atoms with Crippen molar-refractivity contribution >= 4 is 22.9 Å². The summed E-state index contributed by atoms with van der Waals surface area (Å²) in [5.41, 5.74) is 14.1. The highest BCUT2D eigenvalue weighted by molar-refractivity contribution is 5.98. The van der Waals surface area contributed by atoms with E-state index in [1.165, 1.54) is 0 Å². The first-order chi connectivity index (χ1) is 11.0. The number of nitrogens with two attached hydrogens (primary N) is 2. The van der Waals surface area contributed by atoms with Crippen LogP contribution in [0.1, 0.15) is 11.6 Å². The van der Waals surface area contributed by atoms with Crippen LogP contribution in [0.2, 0.25) is 0 Å². The van der Waals surface area contributed by atoms with Crippen molar-refractivity contribution in [2.75, 3.05) is 19.8 Å². The highest BCUT2D eigenvalue weighted by atomic mass is 16.1. The maximum atomic E-state index is 11.9. The molecule has 1 amide bonds. The molecule has 0 fully saturated rings. The summed E-state index contributed by atoms with van der Waals surface area (Å²) >= 11 is 0. The van der Waals surface area contributed by atoms with E-state index in [-0.39, 0.29) is 5.95 Å². The topological polar surface area (TPSA) is 127 Å². The number of rotatable bonds is 4. The van der Waals surface area contributed by atoms with Crippen molar-refractivity contribution in [3.8, 4) is 11.3 Å². The lowest BCUT2D eigenvalue weighted by Crippen LogP contribution is -2.33. The zero-order valence-corrected chi connectivity index (χ0v) is 12.8. The zero-order valence-electron chi connectivity index (χ0n) is 12.8. The molecule has 0 bridgehead atoms. The predicted octanol–water partition coefficient (Wildman–Crippen LogP) is 0.690. The number of anilines is 1. The smallest absolute Gasteiger partial charge is 0.239 e. The Morgan fingerprint density at radius 1 is 1.26 bits per heavy atom. The van der Waals surface area contributed by atoms with Crippen LogP contribution in [-0.4, -0.2) is 44.8 Å². The molecule has 0 saturated carbocycles. The van der Waals surface area contributed by atoms with E-state index in [0.29, 0.717) is 11.3 Å². The van der Waals surface area contributed by atoms with Gasteiger partial charge >= 0.3 is 0 Å². The maximum Gasteiger partial charge on any atom is 0.239 e. The number of primary amides is 1. The van der Waals surface area contributed by atoms with Gasteiger partial charge in [-0.1, -0.05) is 0 Å². The van der Waals surface area contributed by atoms with Crippen molar-refractivity contribution in [3.63, 3.8) is 0 Å². The number of aromatic nitrogens is 4. The molecule has 8 heteroatoms. The standard InChI is InChI=1S/C15H17N7O/c1-22(2)12(13(16)23)8-3-5-18-14-11(8)9(7-20-14)10-4-6-19-15(17)21-10/h3-7,12H,1-2H3,(H2,16,23)(H,18,20)(H2,17,19,21)/t12-/m0/s1. The van der Waals surface area contributed by atoms with Crippen molar-refractivity contribution in [1.82, 2.24) is 24.8 Å². The van der Waals surface area contributed by atoms with Gasteiger partial charge in [-0.05, 0) is 31.8 Å². The number of aromatic amines is 1. The zero-order chi connectivity index (χ0) is 16.6. The van der Waals surface area contributed by atoms with Crippen molar-refractivity contribution in [2.45, 2.75) is 6.04 Å². The van der Waals surface area contributed by atoms with Crippen LogP contribution < -0.4 is 11.5 Å². The number of hydrogen-bond donors (Lipinski definition) is 3. The van der Waals surface area contributed by atoms with Gasteiger partial charge in [-0.2, -0.15) is 0 Å². The molecular formula is C15H17N7O. The number of nitrogens with zero attached hydrogens (tertiary/aromatic N) is 4. The first-order valence-corrected chi connectivity index (χ1v) is 6.99. The largest absolute Gasteiger partial charge is 0.368 e. The Labute approximate surface area is 132 Å². The fourth-order valence-electron chi connectivity index (χ4n) is 2.72. The monoisotopic (exact) mass is 311 g/mol. The summed E-state index contributed by atoms with van der Waals surface area (Å²) in [7, 11) is 3.60. The molecule has 0 radical (unpaired) electrons. The average molecular weight is 311 g/mol. The van der Waals surface area contributed by atoms with Crippen LogP contribution in [0.15, 0.2) is 30.7 Å². The molecule has 118 valence electrons. The number of carbonyl (C=O) groups is 1. The van der Waals surface area contributed by atoms with E-state index in [9.17, 15) is 4.79 Å². The maximum absolute atomic E-state index is 11.9. The average Bonchev–Trinajstić information content (AvgIpc) is 2.91. The van der Waals surface area contributed by atoms with Crippen molar-refractivity contribution in [3.05, 3.63) is 36.3 Å². The third-order valence-electron chi connectivity index (χ3n) is 3.64. The number of fused-ring (bicyclic) bond motifs is 1. The van der Waals surface area contributed by atoms with Crippen molar-refractivity contribution < 1.29 is 4.79 Å². The van der Waals surface area contributed by atoms with E-state index in [2.05, 4.69) is 19.9 Å². The van der Waals surface area contributed by atoms with Gasteiger partial charge in [0, 0.05) is 29.5 Å². The number of pyridine rings is 1. The van der Waals surface area contributed by atoms with Gasteiger partial charge in [0.05, 0.1) is 5.69 Å². The van der Waals surface area contributed by atoms with Crippen LogP contribution >= 0.6 is 0 Å². The second kappa shape index (κ2) is 5.65. The van der Waals surface area contributed by atoms with Crippen LogP contribution in [0.25, 0.3) is 22.3 Å². The summed E-state index contributed by atoms with van der Waals surface area (Å²) in [6.45, 7) is 0. The van der Waals surface area contributed by atoms with E-state index >= 15 is 0 Å². The quantitative estimate of drug-likeness (QED) is 0.650. The highest BCUT2D eigenvalue weighted by Gasteiger charge is 2.25. The lowest BCUT2D eigenvalue weighted by molar-refractivity contribution is -0.122. The molecule has 23 heavy (non-hydrogen) atoms. The van der Waals surface area contributed by atoms with Gasteiger partial charge in [0.2, 0.25) is 11.9 Å². The first kappa shape index (κ1) is 14.9. The molecule has 0 spiro atoms. The van der Waals surface area contributed by atoms with E-state index in [1.54, 1.807) is 49.7 Å². The fraction of sp³-hybridized carbons (Fsp3) is 0.200. The molecule has 1 atom stereocenters. The summed E-state index contributed by atoms with van der Waals surface area (Å²) in [4.78, 5) is 29.2. The van der Waals surface area contributed by atoms with Crippen molar-refractivity contribution in [1.29, 1.82) is 0 Å². The van der Waals surface area contributed by atoms with Crippen LogP contribution in [-0.2, 0) is 4.79 Å². The first-order valence-electron chi connectivity index (χ1n) is 6.99. The number of nitrogen functional groups attached to an aromatic ring is 1. The van der Waals surface area contributed by atoms with Crippen LogP contribution in [0, 0.1) is 0 Å². The molecule has 3 aromatic heterocycles. The van der Waals surface area contributed by atoms with Crippen LogP contribution in [0.4, 0.5) is 5.95 Å². The third kappa shape index (κ3) is 2.59. The van der Waals surface area contributed by atoms with Gasteiger partial charge < -0.3 is 16.5 Å². The Morgan fingerprint density at radius 2 is 2.00 bits per heavy atom. The summed E-state index contributed by atoms with van der Waals surface area (Å²) in [6, 6.07) is 2.97. The predicted molar refractivity (Wildman–Crippen MR) is 87.2 cm³/mol. The Kier molecular flexibility index (Phi) is 3.67. The Morgan fingerprint density at radius 3 is 2.65 bits per heavy atom. The SMILES string of the molecule is CN(C)[C@H](C(N)=O)c1ccnc2[nH]cc(-c3ccnc(N)n3)c12. The number of hydrogen-bond acceptors (Lipinski definition) is 6. The number of nitrogens with one attached hydrogen (secondary N) is 1. The second-order valence-electron chi connectivity index (χ2n) is 5.39. The van der Waals surface area contributed by atoms with Crippen LogP contribution in [0.5, 0.6) is 0 Å². The summed E-state index contributed by atoms with van der Waals surface area (Å²) < 4.78 is 0. The minimum Gasteiger partial charge on any atom is -0.368 e. The van der Waals surface area contributed by atoms with Gasteiger partial charge in [0.1, 0.15) is 11.7 Å². The molecule has 3 heterocycles. The molecular weight excluding hydrogens is 294 g/mol. The molecule has 3 aromatic rings. The van der Waals surface area contributed by atoms with Gasteiger partial charge in [0.25, 0.3) is 0 Å². The second-order valence-corrected chi connectivity index (χ2v) is 5.39. The highest BCUT2D eigenvalue weighted by Crippen LogP contribution is 2.33. The Hall–Kier alpha value is -3.00. The minimum absolute atomic E-state index is 0.182. The Bertz CT molecular complexity index is 871. The molecule has 0 unspecified atom stereocenters. The molecule has 3 rings (SSSR count). The summed E-state index contributed by atoms with van der Waals surface area (Å²) in [5, 5.41) is 0.795. The summed E-state index contributed by atoms with van der Waals surface area (Å²) in [5.74, 6) is -0.252. The third-order valence-corrected chi connectivity index (χ3v) is 3.64. The number of H-pyrrole nitrogens is 1. The van der Waals surface area contributed by atoms with Crippen LogP contribution in [0.3, 0.4) is 0 Å². The summed E-state index contributed by atoms with van der Waals surface area (Å²) in [6.07, 6.45) is 5.02. The number of amides is 1. The number of likely N-dealkylation sites (N-methyl/N-ethyl adjacent to an activating group) is 1. The molecule has 0 aliphatic carbocycles. The van der Waals surface area contributed by atoms with Gasteiger partial charge in [-0.3, -0.25) is 9.69 Å². The van der Waals surface area contributed by atoms with E-state index in [1.807, 2.05) is 0 Å². The minimum atomic E-state index is -0.575. The fourth-order valence-corrected chi connectivity index (χ4v) is 2.72. The molecule has 5 N–H and O–H groups in total. The van der Waals surface area contributed by atoms with E-state index < -0.39 is 11.9 Å². The van der Waals surface area contributed by atoms with E-state index in [0.717, 1.165) is 16.5 Å². The lowest BCUT2D eigenvalue weighted by atomic mass is 9.99. The lowest BCUT2D eigenvalue weighted by Gasteiger charge is -2.22. The van der Waals surface area contributed by atoms with Gasteiger partial charge in [0.15, 0.2) is 0 Å². The molecule has 0 aliphatic rings. The van der Waals surface area contributed by atoms with Gasteiger partial charge in [-0.15, -0.1) is 0 Å². The van der Waals surface area contributed by atoms with Crippen molar-refractivity contribution in [2.24, 2.45) is 5.73 Å². The molecule has 0 saturated heterocycles. The molecule has 0 aliphatic heterocycles. The molecule has 0 aromatic carbocycles. The van der Waals surface area contributed by atoms with Gasteiger partial charge in [-0.25, -0.2) is 15.0 Å². The molecule has 8 nitrogen and oxygen atoms in total. The normalized spacial score (nSPS) is 12.7. The Balaban J connectivity index is 2.28.